The molecule has 1 aromatic heterocycles. The number of oxazole rings is 1. The highest BCUT2D eigenvalue weighted by Gasteiger charge is 2.44. The lowest BCUT2D eigenvalue weighted by Crippen LogP contribution is -2.49. The summed E-state index contributed by atoms with van der Waals surface area (Å²) in [6.45, 7) is 4.40. The number of benzene rings is 3. The normalized spacial score (nSPS) is 21.1. The van der Waals surface area contributed by atoms with Gasteiger partial charge in [0.05, 0.1) is 0 Å². The Morgan fingerprint density at radius 2 is 1.70 bits per heavy atom. The molecule has 37 heavy (non-hydrogen) atoms. The molecule has 0 aliphatic carbocycles. The third-order valence-corrected chi connectivity index (χ3v) is 8.50. The Morgan fingerprint density at radius 1 is 1.00 bits per heavy atom. The van der Waals surface area contributed by atoms with Gasteiger partial charge in [0.25, 0.3) is 11.1 Å². The average Bonchev–Trinajstić information content (AvgIpc) is 3.45. The molecule has 2 bridgehead atoms. The SMILES string of the molecule is CC(C)c1ccccc1OC1C[C@H]2CC[C@@H](C1)N2C(=O)c1ccc(CSc2nc3ccccc3o2)cc1. The van der Waals surface area contributed by atoms with E-state index in [1.807, 2.05) is 54.6 Å². The number of nitrogens with zero attached hydrogens (tertiary/aromatic N) is 2. The van der Waals surface area contributed by atoms with Crippen LogP contribution in [0.4, 0.5) is 0 Å². The van der Waals surface area contributed by atoms with Gasteiger partial charge in [-0.2, -0.15) is 0 Å². The van der Waals surface area contributed by atoms with E-state index in [1.165, 1.54) is 5.56 Å². The molecular weight excluding hydrogens is 480 g/mol. The van der Waals surface area contributed by atoms with Crippen LogP contribution in [0.25, 0.3) is 11.1 Å². The summed E-state index contributed by atoms with van der Waals surface area (Å²) in [6.07, 6.45) is 4.07. The molecule has 2 saturated heterocycles. The molecule has 6 heteroatoms. The lowest BCUT2D eigenvalue weighted by molar-refractivity contribution is 0.0356. The number of ether oxygens (including phenoxy) is 1. The number of fused-ring (bicyclic) bond motifs is 3. The van der Waals surface area contributed by atoms with Crippen molar-refractivity contribution in [3.63, 3.8) is 0 Å². The van der Waals surface area contributed by atoms with Gasteiger partial charge in [-0.1, -0.05) is 68.1 Å². The molecule has 0 radical (unpaired) electrons. The minimum atomic E-state index is 0.145. The zero-order valence-electron chi connectivity index (χ0n) is 21.3. The fraction of sp³-hybridized carbons (Fsp3) is 0.355. The van der Waals surface area contributed by atoms with Gasteiger partial charge in [0.2, 0.25) is 0 Å². The molecule has 3 heterocycles. The van der Waals surface area contributed by atoms with Gasteiger partial charge in [0.15, 0.2) is 5.58 Å². The predicted octanol–water partition coefficient (Wildman–Crippen LogP) is 7.46. The topological polar surface area (TPSA) is 55.6 Å². The molecule has 2 aliphatic rings. The highest BCUT2D eigenvalue weighted by Crippen LogP contribution is 2.39. The van der Waals surface area contributed by atoms with Crippen molar-refractivity contribution < 1.29 is 13.9 Å². The van der Waals surface area contributed by atoms with Crippen LogP contribution in [-0.2, 0) is 5.75 Å². The maximum absolute atomic E-state index is 13.5. The minimum Gasteiger partial charge on any atom is -0.490 e. The molecule has 0 N–H and O–H groups in total. The van der Waals surface area contributed by atoms with Crippen LogP contribution in [0.15, 0.2) is 82.4 Å². The number of rotatable bonds is 7. The van der Waals surface area contributed by atoms with Crippen molar-refractivity contribution in [2.75, 3.05) is 0 Å². The smallest absolute Gasteiger partial charge is 0.257 e. The van der Waals surface area contributed by atoms with E-state index in [0.29, 0.717) is 11.1 Å². The van der Waals surface area contributed by atoms with Crippen molar-refractivity contribution in [3.8, 4) is 5.75 Å². The molecule has 1 unspecified atom stereocenters. The van der Waals surface area contributed by atoms with E-state index in [4.69, 9.17) is 9.15 Å². The van der Waals surface area contributed by atoms with Crippen LogP contribution < -0.4 is 4.74 Å². The van der Waals surface area contributed by atoms with Crippen LogP contribution >= 0.6 is 11.8 Å². The van der Waals surface area contributed by atoms with Gasteiger partial charge < -0.3 is 14.1 Å². The Kier molecular flexibility index (Phi) is 6.68. The molecule has 2 fully saturated rings. The third-order valence-electron chi connectivity index (χ3n) is 7.60. The Balaban J connectivity index is 1.08. The van der Waals surface area contributed by atoms with Gasteiger partial charge in [-0.25, -0.2) is 4.98 Å². The monoisotopic (exact) mass is 512 g/mol. The van der Waals surface area contributed by atoms with E-state index in [9.17, 15) is 4.79 Å². The van der Waals surface area contributed by atoms with E-state index in [1.54, 1.807) is 11.8 Å². The highest BCUT2D eigenvalue weighted by atomic mass is 32.2. The van der Waals surface area contributed by atoms with Crippen molar-refractivity contribution in [1.29, 1.82) is 0 Å². The number of carbonyl (C=O) groups is 1. The van der Waals surface area contributed by atoms with E-state index < -0.39 is 0 Å². The van der Waals surface area contributed by atoms with Crippen LogP contribution in [0, 0.1) is 0 Å². The van der Waals surface area contributed by atoms with Gasteiger partial charge in [-0.3, -0.25) is 4.79 Å². The predicted molar refractivity (Wildman–Crippen MR) is 147 cm³/mol. The highest BCUT2D eigenvalue weighted by molar-refractivity contribution is 7.98. The maximum Gasteiger partial charge on any atom is 0.257 e. The summed E-state index contributed by atoms with van der Waals surface area (Å²) in [5.74, 6) is 2.30. The average molecular weight is 513 g/mol. The first-order valence-corrected chi connectivity index (χ1v) is 14.2. The fourth-order valence-corrected chi connectivity index (χ4v) is 6.54. The van der Waals surface area contributed by atoms with Gasteiger partial charge in [-0.05, 0) is 60.2 Å². The molecule has 0 saturated carbocycles. The van der Waals surface area contributed by atoms with Crippen LogP contribution in [0.3, 0.4) is 0 Å². The molecular formula is C31H32N2O3S. The number of piperidine rings is 1. The summed E-state index contributed by atoms with van der Waals surface area (Å²) in [7, 11) is 0. The first kappa shape index (κ1) is 24.1. The molecule has 3 atom stereocenters. The number of carbonyl (C=O) groups excluding carboxylic acids is 1. The minimum absolute atomic E-state index is 0.145. The van der Waals surface area contributed by atoms with Crippen LogP contribution in [0.5, 0.6) is 5.75 Å². The van der Waals surface area contributed by atoms with Gasteiger partial charge in [0.1, 0.15) is 17.4 Å². The number of amides is 1. The largest absolute Gasteiger partial charge is 0.490 e. The fourth-order valence-electron chi connectivity index (χ4n) is 5.75. The van der Waals surface area contributed by atoms with Crippen molar-refractivity contribution >= 4 is 28.8 Å². The van der Waals surface area contributed by atoms with E-state index in [2.05, 4.69) is 41.9 Å². The second-order valence-electron chi connectivity index (χ2n) is 10.4. The van der Waals surface area contributed by atoms with Crippen LogP contribution in [0.1, 0.15) is 66.9 Å². The first-order chi connectivity index (χ1) is 18.0. The maximum atomic E-state index is 13.5. The van der Waals surface area contributed by atoms with Gasteiger partial charge in [0, 0.05) is 36.2 Å². The molecule has 0 spiro atoms. The lowest BCUT2D eigenvalue weighted by atomic mass is 9.97. The van der Waals surface area contributed by atoms with E-state index in [-0.39, 0.29) is 24.1 Å². The van der Waals surface area contributed by atoms with Crippen LogP contribution in [0.2, 0.25) is 0 Å². The Hall–Kier alpha value is -3.25. The first-order valence-electron chi connectivity index (χ1n) is 13.2. The summed E-state index contributed by atoms with van der Waals surface area (Å²) >= 11 is 1.57. The van der Waals surface area contributed by atoms with Crippen molar-refractivity contribution in [3.05, 3.63) is 89.5 Å². The van der Waals surface area contributed by atoms with Gasteiger partial charge >= 0.3 is 0 Å². The molecule has 6 rings (SSSR count). The van der Waals surface area contributed by atoms with Crippen molar-refractivity contribution in [2.24, 2.45) is 0 Å². The molecule has 2 aliphatic heterocycles. The number of hydrogen-bond donors (Lipinski definition) is 0. The third kappa shape index (κ3) is 4.99. The number of para-hydroxylation sites is 3. The van der Waals surface area contributed by atoms with E-state index >= 15 is 0 Å². The molecule has 190 valence electrons. The molecule has 4 aromatic rings. The van der Waals surface area contributed by atoms with Crippen molar-refractivity contribution in [2.45, 2.75) is 74.6 Å². The Morgan fingerprint density at radius 3 is 2.43 bits per heavy atom. The molecule has 5 nitrogen and oxygen atoms in total. The summed E-state index contributed by atoms with van der Waals surface area (Å²) in [5.41, 5.74) is 4.83. The lowest BCUT2D eigenvalue weighted by Gasteiger charge is -2.39. The Labute approximate surface area is 222 Å². The van der Waals surface area contributed by atoms with Crippen LogP contribution in [-0.4, -0.2) is 34.0 Å². The Bertz CT molecular complexity index is 1350. The number of aromatic nitrogens is 1. The zero-order chi connectivity index (χ0) is 25.4. The van der Waals surface area contributed by atoms with Gasteiger partial charge in [-0.15, -0.1) is 0 Å². The zero-order valence-corrected chi connectivity index (χ0v) is 22.1. The molecule has 3 aromatic carbocycles. The van der Waals surface area contributed by atoms with Crippen molar-refractivity contribution in [1.82, 2.24) is 9.88 Å². The summed E-state index contributed by atoms with van der Waals surface area (Å²) < 4.78 is 12.3. The standard InChI is InChI=1S/C31H32N2O3S/c1-20(2)26-7-3-5-9-28(26)35-25-17-23-15-16-24(18-25)33(23)30(34)22-13-11-21(12-14-22)19-37-31-32-27-8-4-6-10-29(27)36-31/h3-14,20,23-25H,15-19H2,1-2H3/t23-,24+,25?. The number of hydrogen-bond acceptors (Lipinski definition) is 5. The summed E-state index contributed by atoms with van der Waals surface area (Å²) in [6, 6.07) is 24.7. The summed E-state index contributed by atoms with van der Waals surface area (Å²) in [5, 5.41) is 0.666. The molecule has 1 amide bonds. The van der Waals surface area contributed by atoms with E-state index in [0.717, 1.165) is 59.4 Å². The quantitative estimate of drug-likeness (QED) is 0.241. The second-order valence-corrected chi connectivity index (χ2v) is 11.4. The summed E-state index contributed by atoms with van der Waals surface area (Å²) in [4.78, 5) is 20.2. The number of thioether (sulfide) groups is 1. The second kappa shape index (κ2) is 10.3.